The van der Waals surface area contributed by atoms with E-state index in [2.05, 4.69) is 17.9 Å². The SMILES string of the molecule is COc1cc(Cl)c(C)cc1N1CCC(N)C(C)C1. The lowest BCUT2D eigenvalue weighted by molar-refractivity contribution is 0.374. The van der Waals surface area contributed by atoms with Gasteiger partial charge in [0.25, 0.3) is 0 Å². The Labute approximate surface area is 114 Å². The number of rotatable bonds is 2. The number of anilines is 1. The van der Waals surface area contributed by atoms with Crippen molar-refractivity contribution >= 4 is 17.3 Å². The summed E-state index contributed by atoms with van der Waals surface area (Å²) in [5.41, 5.74) is 8.27. The molecule has 1 fully saturated rings. The molecular weight excluding hydrogens is 248 g/mol. The summed E-state index contributed by atoms with van der Waals surface area (Å²) in [6, 6.07) is 4.30. The van der Waals surface area contributed by atoms with Crippen LogP contribution in [-0.2, 0) is 0 Å². The zero-order valence-electron chi connectivity index (χ0n) is 11.2. The van der Waals surface area contributed by atoms with Gasteiger partial charge in [-0.3, -0.25) is 0 Å². The first-order chi connectivity index (χ1) is 8.52. The molecule has 1 aliphatic rings. The predicted molar refractivity (Wildman–Crippen MR) is 76.7 cm³/mol. The van der Waals surface area contributed by atoms with Gasteiger partial charge in [-0.15, -0.1) is 0 Å². The summed E-state index contributed by atoms with van der Waals surface area (Å²) in [4.78, 5) is 2.34. The molecule has 2 N–H and O–H groups in total. The molecule has 1 aromatic rings. The number of nitrogens with zero attached hydrogens (tertiary/aromatic N) is 1. The summed E-state index contributed by atoms with van der Waals surface area (Å²) in [6.07, 6.45) is 1.02. The standard InChI is InChI=1S/C14H21ClN2O/c1-9-6-13(14(18-3)7-11(9)15)17-5-4-12(16)10(2)8-17/h6-7,10,12H,4-5,8,16H2,1-3H3. The second-order valence-electron chi connectivity index (χ2n) is 5.15. The van der Waals surface area contributed by atoms with Gasteiger partial charge in [-0.1, -0.05) is 18.5 Å². The van der Waals surface area contributed by atoms with Crippen molar-refractivity contribution in [1.29, 1.82) is 0 Å². The fourth-order valence-corrected chi connectivity index (χ4v) is 2.59. The zero-order valence-corrected chi connectivity index (χ0v) is 12.0. The summed E-state index contributed by atoms with van der Waals surface area (Å²) in [5, 5.41) is 0.748. The summed E-state index contributed by atoms with van der Waals surface area (Å²) in [7, 11) is 1.68. The Morgan fingerprint density at radius 2 is 2.17 bits per heavy atom. The van der Waals surface area contributed by atoms with Gasteiger partial charge in [-0.25, -0.2) is 0 Å². The molecule has 2 atom stereocenters. The number of hydrogen-bond donors (Lipinski definition) is 1. The van der Waals surface area contributed by atoms with Crippen LogP contribution < -0.4 is 15.4 Å². The first-order valence-corrected chi connectivity index (χ1v) is 6.75. The average molecular weight is 269 g/mol. The number of ether oxygens (including phenoxy) is 1. The Hall–Kier alpha value is -0.930. The van der Waals surface area contributed by atoms with E-state index in [0.717, 1.165) is 41.5 Å². The molecule has 0 spiro atoms. The Balaban J connectivity index is 2.30. The monoisotopic (exact) mass is 268 g/mol. The van der Waals surface area contributed by atoms with Crippen LogP contribution in [0.5, 0.6) is 5.75 Å². The third-order valence-electron chi connectivity index (χ3n) is 3.77. The van der Waals surface area contributed by atoms with Crippen LogP contribution in [0.15, 0.2) is 12.1 Å². The summed E-state index contributed by atoms with van der Waals surface area (Å²) >= 11 is 6.14. The molecule has 4 heteroatoms. The number of hydrogen-bond acceptors (Lipinski definition) is 3. The normalized spacial score (nSPS) is 24.2. The van der Waals surface area contributed by atoms with Gasteiger partial charge in [-0.2, -0.15) is 0 Å². The molecule has 1 heterocycles. The van der Waals surface area contributed by atoms with E-state index in [0.29, 0.717) is 12.0 Å². The first-order valence-electron chi connectivity index (χ1n) is 6.37. The molecule has 1 aromatic carbocycles. The minimum atomic E-state index is 0.306. The van der Waals surface area contributed by atoms with Crippen molar-refractivity contribution in [1.82, 2.24) is 0 Å². The van der Waals surface area contributed by atoms with Crippen LogP contribution >= 0.6 is 11.6 Å². The molecule has 0 aliphatic carbocycles. The van der Waals surface area contributed by atoms with E-state index in [1.807, 2.05) is 13.0 Å². The van der Waals surface area contributed by atoms with Crippen LogP contribution in [0.3, 0.4) is 0 Å². The summed E-state index contributed by atoms with van der Waals surface area (Å²) in [5.74, 6) is 1.34. The Morgan fingerprint density at radius 3 is 2.78 bits per heavy atom. The van der Waals surface area contributed by atoms with Crippen molar-refractivity contribution in [2.24, 2.45) is 11.7 Å². The van der Waals surface area contributed by atoms with Crippen LogP contribution in [0.25, 0.3) is 0 Å². The minimum Gasteiger partial charge on any atom is -0.495 e. The molecule has 0 saturated carbocycles. The second kappa shape index (κ2) is 5.37. The lowest BCUT2D eigenvalue weighted by Crippen LogP contribution is -2.46. The molecule has 2 rings (SSSR count). The van der Waals surface area contributed by atoms with Crippen molar-refractivity contribution in [3.05, 3.63) is 22.7 Å². The summed E-state index contributed by atoms with van der Waals surface area (Å²) < 4.78 is 5.44. The van der Waals surface area contributed by atoms with E-state index in [9.17, 15) is 0 Å². The first kappa shape index (κ1) is 13.5. The number of piperidine rings is 1. The van der Waals surface area contributed by atoms with Gasteiger partial charge in [0.1, 0.15) is 5.75 Å². The van der Waals surface area contributed by atoms with Crippen LogP contribution in [0.2, 0.25) is 5.02 Å². The van der Waals surface area contributed by atoms with Crippen molar-refractivity contribution < 1.29 is 4.74 Å². The van der Waals surface area contributed by atoms with Crippen LogP contribution in [0.4, 0.5) is 5.69 Å². The lowest BCUT2D eigenvalue weighted by atomic mass is 9.94. The van der Waals surface area contributed by atoms with Gasteiger partial charge in [0, 0.05) is 30.2 Å². The van der Waals surface area contributed by atoms with E-state index < -0.39 is 0 Å². The quantitative estimate of drug-likeness (QED) is 0.896. The Kier molecular flexibility index (Phi) is 4.03. The van der Waals surface area contributed by atoms with Crippen LogP contribution in [-0.4, -0.2) is 26.2 Å². The lowest BCUT2D eigenvalue weighted by Gasteiger charge is -2.37. The summed E-state index contributed by atoms with van der Waals surface area (Å²) in [6.45, 7) is 6.16. The fraction of sp³-hybridized carbons (Fsp3) is 0.571. The molecule has 1 saturated heterocycles. The second-order valence-corrected chi connectivity index (χ2v) is 5.56. The highest BCUT2D eigenvalue weighted by molar-refractivity contribution is 6.31. The van der Waals surface area contributed by atoms with Crippen molar-refractivity contribution in [2.45, 2.75) is 26.3 Å². The maximum Gasteiger partial charge on any atom is 0.143 e. The molecule has 0 amide bonds. The molecule has 0 radical (unpaired) electrons. The van der Waals surface area contributed by atoms with Gasteiger partial charge in [0.2, 0.25) is 0 Å². The number of methoxy groups -OCH3 is 1. The topological polar surface area (TPSA) is 38.5 Å². The molecule has 2 unspecified atom stereocenters. The highest BCUT2D eigenvalue weighted by Crippen LogP contribution is 2.35. The third kappa shape index (κ3) is 2.57. The van der Waals surface area contributed by atoms with Crippen LogP contribution in [0, 0.1) is 12.8 Å². The predicted octanol–water partition coefficient (Wildman–Crippen LogP) is 2.83. The van der Waals surface area contributed by atoms with Gasteiger partial charge < -0.3 is 15.4 Å². The van der Waals surface area contributed by atoms with Crippen molar-refractivity contribution in [3.8, 4) is 5.75 Å². The molecule has 3 nitrogen and oxygen atoms in total. The third-order valence-corrected chi connectivity index (χ3v) is 4.18. The van der Waals surface area contributed by atoms with E-state index in [1.165, 1.54) is 0 Å². The Morgan fingerprint density at radius 1 is 1.44 bits per heavy atom. The molecule has 0 bridgehead atoms. The largest absolute Gasteiger partial charge is 0.495 e. The van der Waals surface area contributed by atoms with Gasteiger partial charge in [0.15, 0.2) is 0 Å². The number of halogens is 1. The van der Waals surface area contributed by atoms with Gasteiger partial charge in [-0.05, 0) is 30.9 Å². The Bertz CT molecular complexity index is 436. The number of benzene rings is 1. The molecule has 100 valence electrons. The smallest absolute Gasteiger partial charge is 0.143 e. The molecule has 18 heavy (non-hydrogen) atoms. The highest BCUT2D eigenvalue weighted by atomic mass is 35.5. The van der Waals surface area contributed by atoms with Gasteiger partial charge >= 0.3 is 0 Å². The maximum absolute atomic E-state index is 6.14. The number of nitrogens with two attached hydrogens (primary N) is 1. The van der Waals surface area contributed by atoms with Crippen LogP contribution in [0.1, 0.15) is 18.9 Å². The average Bonchev–Trinajstić information content (AvgIpc) is 2.35. The molecule has 1 aliphatic heterocycles. The zero-order chi connectivity index (χ0) is 13.3. The van der Waals surface area contributed by atoms with E-state index in [-0.39, 0.29) is 0 Å². The van der Waals surface area contributed by atoms with E-state index in [4.69, 9.17) is 22.1 Å². The van der Waals surface area contributed by atoms with E-state index in [1.54, 1.807) is 7.11 Å². The fourth-order valence-electron chi connectivity index (χ4n) is 2.44. The van der Waals surface area contributed by atoms with Crippen molar-refractivity contribution in [3.63, 3.8) is 0 Å². The molecule has 0 aromatic heterocycles. The van der Waals surface area contributed by atoms with Crippen molar-refractivity contribution in [2.75, 3.05) is 25.1 Å². The van der Waals surface area contributed by atoms with Gasteiger partial charge in [0.05, 0.1) is 12.8 Å². The maximum atomic E-state index is 6.14. The molecular formula is C14H21ClN2O. The number of aryl methyl sites for hydroxylation is 1. The minimum absolute atomic E-state index is 0.306. The highest BCUT2D eigenvalue weighted by Gasteiger charge is 2.25. The van der Waals surface area contributed by atoms with E-state index >= 15 is 0 Å².